The molecule has 66 valence electrons. The molecule has 0 amide bonds. The number of hydrogen-bond donors (Lipinski definition) is 1. The Morgan fingerprint density at radius 3 is 2.50 bits per heavy atom. The van der Waals surface area contributed by atoms with Crippen LogP contribution in [-0.2, 0) is 9.59 Å². The minimum Gasteiger partial charge on any atom is -0.510 e. The maximum atomic E-state index is 11.3. The van der Waals surface area contributed by atoms with Crippen molar-refractivity contribution in [2.24, 2.45) is 5.92 Å². The van der Waals surface area contributed by atoms with Crippen LogP contribution in [0.4, 0.5) is 0 Å². The molecule has 0 fully saturated rings. The highest BCUT2D eigenvalue weighted by Crippen LogP contribution is 2.26. The van der Waals surface area contributed by atoms with Crippen molar-refractivity contribution in [2.45, 2.75) is 13.8 Å². The minimum atomic E-state index is -0.300. The van der Waals surface area contributed by atoms with Gasteiger partial charge >= 0.3 is 0 Å². The van der Waals surface area contributed by atoms with Gasteiger partial charge in [0.25, 0.3) is 0 Å². The number of hydrogen-bond acceptors (Lipinski definition) is 4. The zero-order valence-electron chi connectivity index (χ0n) is 6.96. The van der Waals surface area contributed by atoms with Crippen molar-refractivity contribution in [3.8, 4) is 0 Å². The first-order chi connectivity index (χ1) is 5.54. The van der Waals surface area contributed by atoms with Crippen molar-refractivity contribution in [2.75, 3.05) is 5.75 Å². The average molecular weight is 186 g/mol. The molecule has 0 bridgehead atoms. The first-order valence-electron chi connectivity index (χ1n) is 3.67. The fourth-order valence-electron chi connectivity index (χ4n) is 0.928. The molecular weight excluding hydrogens is 176 g/mol. The van der Waals surface area contributed by atoms with Crippen LogP contribution in [0.1, 0.15) is 13.8 Å². The van der Waals surface area contributed by atoms with E-state index in [0.29, 0.717) is 0 Å². The summed E-state index contributed by atoms with van der Waals surface area (Å²) >= 11 is 0.975. The number of aliphatic hydroxyl groups is 1. The van der Waals surface area contributed by atoms with Crippen LogP contribution in [0.25, 0.3) is 0 Å². The Morgan fingerprint density at radius 1 is 1.58 bits per heavy atom. The highest BCUT2D eigenvalue weighted by molar-refractivity contribution is 8.14. The van der Waals surface area contributed by atoms with E-state index in [-0.39, 0.29) is 33.9 Å². The van der Waals surface area contributed by atoms with E-state index < -0.39 is 0 Å². The lowest BCUT2D eigenvalue weighted by molar-refractivity contribution is -0.120. The molecule has 0 radical (unpaired) electrons. The van der Waals surface area contributed by atoms with E-state index in [0.717, 1.165) is 11.8 Å². The molecule has 0 aromatic rings. The Morgan fingerprint density at radius 2 is 2.17 bits per heavy atom. The van der Waals surface area contributed by atoms with Gasteiger partial charge in [0.15, 0.2) is 5.78 Å². The summed E-state index contributed by atoms with van der Waals surface area (Å²) in [6, 6.07) is 0. The Labute approximate surface area is 74.8 Å². The molecule has 0 aromatic carbocycles. The van der Waals surface area contributed by atoms with E-state index in [2.05, 4.69) is 0 Å². The van der Waals surface area contributed by atoms with E-state index >= 15 is 0 Å². The van der Waals surface area contributed by atoms with E-state index in [1.54, 1.807) is 13.8 Å². The highest BCUT2D eigenvalue weighted by Gasteiger charge is 2.30. The quantitative estimate of drug-likeness (QED) is 0.660. The van der Waals surface area contributed by atoms with Gasteiger partial charge in [0.2, 0.25) is 5.12 Å². The van der Waals surface area contributed by atoms with Crippen LogP contribution < -0.4 is 0 Å². The standard InChI is InChI=1S/C8H10O3S/c1-4(2)7(10)6-5(9)3-12-8(6)11/h4,9H,3H2,1-2H3. The Hall–Kier alpha value is -0.770. The number of ketones is 1. The fraction of sp³-hybridized carbons (Fsp3) is 0.500. The highest BCUT2D eigenvalue weighted by atomic mass is 32.2. The second-order valence-corrected chi connectivity index (χ2v) is 3.86. The molecule has 12 heavy (non-hydrogen) atoms. The van der Waals surface area contributed by atoms with Gasteiger partial charge in [0.1, 0.15) is 11.3 Å². The molecule has 0 aromatic heterocycles. The Kier molecular flexibility index (Phi) is 2.57. The third-order valence-electron chi connectivity index (χ3n) is 1.60. The van der Waals surface area contributed by atoms with Gasteiger partial charge in [-0.2, -0.15) is 0 Å². The molecule has 1 aliphatic rings. The summed E-state index contributed by atoms with van der Waals surface area (Å²) in [7, 11) is 0. The third-order valence-corrected chi connectivity index (χ3v) is 2.49. The lowest BCUT2D eigenvalue weighted by Gasteiger charge is -2.02. The molecule has 1 aliphatic heterocycles. The molecule has 1 heterocycles. The number of Topliss-reactive ketones (excluding diaryl/α,β-unsaturated/α-hetero) is 1. The smallest absolute Gasteiger partial charge is 0.226 e. The van der Waals surface area contributed by atoms with Crippen LogP contribution in [0.5, 0.6) is 0 Å². The monoisotopic (exact) mass is 186 g/mol. The summed E-state index contributed by atoms with van der Waals surface area (Å²) in [4.78, 5) is 22.4. The lowest BCUT2D eigenvalue weighted by Crippen LogP contribution is -2.14. The second-order valence-electron chi connectivity index (χ2n) is 2.92. The Bertz CT molecular complexity index is 265. The molecule has 0 saturated carbocycles. The Balaban J connectivity index is 2.94. The van der Waals surface area contributed by atoms with Crippen LogP contribution in [0.3, 0.4) is 0 Å². The van der Waals surface area contributed by atoms with Crippen molar-refractivity contribution in [3.63, 3.8) is 0 Å². The maximum absolute atomic E-state index is 11.3. The first kappa shape index (κ1) is 9.32. The average Bonchev–Trinajstić information content (AvgIpc) is 2.30. The molecule has 4 heteroatoms. The molecule has 1 rings (SSSR count). The summed E-state index contributed by atoms with van der Waals surface area (Å²) in [5.74, 6) is -0.317. The van der Waals surface area contributed by atoms with Crippen molar-refractivity contribution in [1.82, 2.24) is 0 Å². The van der Waals surface area contributed by atoms with Gasteiger partial charge in [-0.3, -0.25) is 9.59 Å². The first-order valence-corrected chi connectivity index (χ1v) is 4.66. The number of thioether (sulfide) groups is 1. The SMILES string of the molecule is CC(C)C(=O)C1=C(O)CSC1=O. The normalized spacial score (nSPS) is 17.8. The van der Waals surface area contributed by atoms with Crippen LogP contribution in [0.15, 0.2) is 11.3 Å². The lowest BCUT2D eigenvalue weighted by atomic mass is 10.0. The molecule has 0 aliphatic carbocycles. The van der Waals surface area contributed by atoms with E-state index in [9.17, 15) is 14.7 Å². The molecule has 0 saturated heterocycles. The van der Waals surface area contributed by atoms with Crippen LogP contribution >= 0.6 is 11.8 Å². The third kappa shape index (κ3) is 1.53. The van der Waals surface area contributed by atoms with Crippen LogP contribution in [-0.4, -0.2) is 21.8 Å². The summed E-state index contributed by atoms with van der Waals surface area (Å²) in [5.41, 5.74) is -0.00463. The van der Waals surface area contributed by atoms with E-state index in [1.807, 2.05) is 0 Å². The van der Waals surface area contributed by atoms with Gasteiger partial charge in [-0.15, -0.1) is 0 Å². The largest absolute Gasteiger partial charge is 0.510 e. The maximum Gasteiger partial charge on any atom is 0.226 e. The predicted octanol–water partition coefficient (Wildman–Crippen LogP) is 1.30. The molecular formula is C8H10O3S. The zero-order valence-corrected chi connectivity index (χ0v) is 7.77. The topological polar surface area (TPSA) is 54.4 Å². The predicted molar refractivity (Wildman–Crippen MR) is 47.0 cm³/mol. The molecule has 1 N–H and O–H groups in total. The van der Waals surface area contributed by atoms with Gasteiger partial charge in [0, 0.05) is 5.92 Å². The zero-order chi connectivity index (χ0) is 9.30. The van der Waals surface area contributed by atoms with Crippen molar-refractivity contribution in [3.05, 3.63) is 11.3 Å². The number of carbonyl (C=O) groups is 2. The molecule has 0 atom stereocenters. The van der Waals surface area contributed by atoms with Crippen molar-refractivity contribution >= 4 is 22.7 Å². The van der Waals surface area contributed by atoms with Crippen molar-refractivity contribution in [1.29, 1.82) is 0 Å². The summed E-state index contributed by atoms with van der Waals surface area (Å²) in [6.45, 7) is 3.41. The minimum absolute atomic E-state index is 0.00463. The summed E-state index contributed by atoms with van der Waals surface area (Å²) in [5, 5.41) is 8.90. The summed E-state index contributed by atoms with van der Waals surface area (Å²) in [6.07, 6.45) is 0. The van der Waals surface area contributed by atoms with Crippen molar-refractivity contribution < 1.29 is 14.7 Å². The van der Waals surface area contributed by atoms with Gasteiger partial charge in [-0.1, -0.05) is 25.6 Å². The van der Waals surface area contributed by atoms with E-state index in [1.165, 1.54) is 0 Å². The van der Waals surface area contributed by atoms with Gasteiger partial charge in [-0.25, -0.2) is 0 Å². The molecule has 0 unspecified atom stereocenters. The number of carbonyl (C=O) groups excluding carboxylic acids is 2. The van der Waals surface area contributed by atoms with Gasteiger partial charge < -0.3 is 5.11 Å². The summed E-state index contributed by atoms with van der Waals surface area (Å²) < 4.78 is 0. The van der Waals surface area contributed by atoms with Crippen LogP contribution in [0.2, 0.25) is 0 Å². The van der Waals surface area contributed by atoms with E-state index in [4.69, 9.17) is 0 Å². The van der Waals surface area contributed by atoms with Gasteiger partial charge in [-0.05, 0) is 0 Å². The number of aliphatic hydroxyl groups excluding tert-OH is 1. The van der Waals surface area contributed by atoms with Crippen LogP contribution in [0, 0.1) is 5.92 Å². The second kappa shape index (κ2) is 3.31. The molecule has 3 nitrogen and oxygen atoms in total. The molecule has 0 spiro atoms. The fourth-order valence-corrected chi connectivity index (χ4v) is 1.70. The number of rotatable bonds is 2. The van der Waals surface area contributed by atoms with Gasteiger partial charge in [0.05, 0.1) is 5.75 Å².